The van der Waals surface area contributed by atoms with Crippen molar-refractivity contribution in [3.63, 3.8) is 0 Å². The summed E-state index contributed by atoms with van der Waals surface area (Å²) < 4.78 is 0. The van der Waals surface area contributed by atoms with Crippen LogP contribution in [-0.2, 0) is 5.75 Å². The fourth-order valence-corrected chi connectivity index (χ4v) is 2.18. The van der Waals surface area contributed by atoms with Crippen molar-refractivity contribution in [2.45, 2.75) is 5.75 Å². The second-order valence-corrected chi connectivity index (χ2v) is 4.07. The number of aromatic nitrogens is 1. The number of hydrogen-bond acceptors (Lipinski definition) is 3. The van der Waals surface area contributed by atoms with Gasteiger partial charge in [0.25, 0.3) is 0 Å². The van der Waals surface area contributed by atoms with Crippen LogP contribution < -0.4 is 0 Å². The van der Waals surface area contributed by atoms with Gasteiger partial charge >= 0.3 is 0 Å². The van der Waals surface area contributed by atoms with Gasteiger partial charge in [0.2, 0.25) is 0 Å². The molecule has 0 aliphatic rings. The number of thiazole rings is 1. The maximum absolute atomic E-state index is 4.25. The molecular formula is C10H9NS2. The molecule has 3 heteroatoms. The van der Waals surface area contributed by atoms with Gasteiger partial charge in [0.15, 0.2) is 0 Å². The SMILES string of the molecule is SCc1ncc(-c2ccccc2)s1. The molecule has 1 aromatic heterocycles. The minimum Gasteiger partial charge on any atom is -0.248 e. The van der Waals surface area contributed by atoms with Crippen molar-refractivity contribution in [1.82, 2.24) is 4.98 Å². The molecule has 0 saturated carbocycles. The fraction of sp³-hybridized carbons (Fsp3) is 0.100. The lowest BCUT2D eigenvalue weighted by atomic mass is 10.2. The fourth-order valence-electron chi connectivity index (χ4n) is 1.12. The van der Waals surface area contributed by atoms with Gasteiger partial charge in [-0.25, -0.2) is 4.98 Å². The Morgan fingerprint density at radius 1 is 1.23 bits per heavy atom. The van der Waals surface area contributed by atoms with E-state index in [1.54, 1.807) is 11.3 Å². The molecular weight excluding hydrogens is 198 g/mol. The molecule has 0 atom stereocenters. The zero-order chi connectivity index (χ0) is 9.10. The Morgan fingerprint density at radius 3 is 2.62 bits per heavy atom. The zero-order valence-corrected chi connectivity index (χ0v) is 8.68. The summed E-state index contributed by atoms with van der Waals surface area (Å²) in [5, 5.41) is 1.07. The summed E-state index contributed by atoms with van der Waals surface area (Å²) in [4.78, 5) is 5.47. The Bertz CT molecular complexity index is 381. The largest absolute Gasteiger partial charge is 0.248 e. The Hall–Kier alpha value is -0.800. The summed E-state index contributed by atoms with van der Waals surface area (Å²) in [6.07, 6.45) is 1.91. The first-order valence-electron chi connectivity index (χ1n) is 4.01. The summed E-state index contributed by atoms with van der Waals surface area (Å²) in [6.45, 7) is 0. The Morgan fingerprint density at radius 2 is 2.00 bits per heavy atom. The number of thiol groups is 1. The van der Waals surface area contributed by atoms with Gasteiger partial charge in [-0.2, -0.15) is 12.6 Å². The summed E-state index contributed by atoms with van der Waals surface area (Å²) in [5.74, 6) is 0.720. The first kappa shape index (κ1) is 8.78. The average molecular weight is 207 g/mol. The van der Waals surface area contributed by atoms with Crippen LogP contribution >= 0.6 is 24.0 Å². The summed E-state index contributed by atoms with van der Waals surface area (Å²) in [5.41, 5.74) is 1.23. The predicted molar refractivity (Wildman–Crippen MR) is 60.2 cm³/mol. The van der Waals surface area contributed by atoms with Gasteiger partial charge in [0.1, 0.15) is 5.01 Å². The number of rotatable bonds is 2. The topological polar surface area (TPSA) is 12.9 Å². The van der Waals surface area contributed by atoms with Crippen LogP contribution in [-0.4, -0.2) is 4.98 Å². The third-order valence-electron chi connectivity index (χ3n) is 1.75. The van der Waals surface area contributed by atoms with Gasteiger partial charge in [-0.3, -0.25) is 0 Å². The smallest absolute Gasteiger partial charge is 0.103 e. The van der Waals surface area contributed by atoms with Crippen molar-refractivity contribution in [3.05, 3.63) is 41.5 Å². The highest BCUT2D eigenvalue weighted by atomic mass is 32.1. The van der Waals surface area contributed by atoms with E-state index in [1.165, 1.54) is 10.4 Å². The maximum atomic E-state index is 4.25. The van der Waals surface area contributed by atoms with Crippen molar-refractivity contribution in [3.8, 4) is 10.4 Å². The zero-order valence-electron chi connectivity index (χ0n) is 6.97. The number of hydrogen-bond donors (Lipinski definition) is 1. The van der Waals surface area contributed by atoms with Gasteiger partial charge in [0.05, 0.1) is 4.88 Å². The maximum Gasteiger partial charge on any atom is 0.103 e. The molecule has 2 aromatic rings. The molecule has 66 valence electrons. The van der Waals surface area contributed by atoms with Crippen molar-refractivity contribution in [1.29, 1.82) is 0 Å². The highest BCUT2D eigenvalue weighted by Gasteiger charge is 2.01. The molecule has 0 amide bonds. The third-order valence-corrected chi connectivity index (χ3v) is 3.31. The van der Waals surface area contributed by atoms with Gasteiger partial charge in [-0.15, -0.1) is 11.3 Å². The van der Waals surface area contributed by atoms with E-state index in [2.05, 4.69) is 29.7 Å². The molecule has 0 fully saturated rings. The van der Waals surface area contributed by atoms with Crippen molar-refractivity contribution in [2.24, 2.45) is 0 Å². The summed E-state index contributed by atoms with van der Waals surface area (Å²) in [7, 11) is 0. The normalized spacial score (nSPS) is 10.2. The van der Waals surface area contributed by atoms with E-state index < -0.39 is 0 Å². The molecule has 0 N–H and O–H groups in total. The molecule has 2 rings (SSSR count). The first-order valence-corrected chi connectivity index (χ1v) is 5.46. The van der Waals surface area contributed by atoms with Crippen LogP contribution in [0.25, 0.3) is 10.4 Å². The molecule has 0 spiro atoms. The highest BCUT2D eigenvalue weighted by Crippen LogP contribution is 2.26. The predicted octanol–water partition coefficient (Wildman–Crippen LogP) is 3.24. The molecule has 13 heavy (non-hydrogen) atoms. The molecule has 0 unspecified atom stereocenters. The van der Waals surface area contributed by atoms with E-state index in [1.807, 2.05) is 24.4 Å². The third kappa shape index (κ3) is 1.92. The number of benzene rings is 1. The van der Waals surface area contributed by atoms with Crippen LogP contribution in [0.1, 0.15) is 5.01 Å². The van der Waals surface area contributed by atoms with Gasteiger partial charge in [-0.1, -0.05) is 30.3 Å². The summed E-state index contributed by atoms with van der Waals surface area (Å²) >= 11 is 5.88. The molecule has 0 radical (unpaired) electrons. The number of nitrogens with zero attached hydrogens (tertiary/aromatic N) is 1. The van der Waals surface area contributed by atoms with E-state index in [-0.39, 0.29) is 0 Å². The lowest BCUT2D eigenvalue weighted by Gasteiger charge is -1.92. The second-order valence-electron chi connectivity index (χ2n) is 2.64. The molecule has 1 aromatic carbocycles. The Kier molecular flexibility index (Phi) is 2.66. The van der Waals surface area contributed by atoms with Crippen molar-refractivity contribution >= 4 is 24.0 Å². The lowest BCUT2D eigenvalue weighted by molar-refractivity contribution is 1.28. The molecule has 0 bridgehead atoms. The first-order chi connectivity index (χ1) is 6.40. The molecule has 1 heterocycles. The average Bonchev–Trinajstić information content (AvgIpc) is 2.67. The molecule has 0 aliphatic carbocycles. The Balaban J connectivity index is 2.36. The minimum atomic E-state index is 0.720. The van der Waals surface area contributed by atoms with E-state index in [0.29, 0.717) is 0 Å². The summed E-state index contributed by atoms with van der Waals surface area (Å²) in [6, 6.07) is 10.3. The van der Waals surface area contributed by atoms with E-state index in [4.69, 9.17) is 0 Å². The van der Waals surface area contributed by atoms with Crippen molar-refractivity contribution < 1.29 is 0 Å². The molecule has 0 aliphatic heterocycles. The van der Waals surface area contributed by atoms with Crippen LogP contribution in [0.2, 0.25) is 0 Å². The monoisotopic (exact) mass is 207 g/mol. The second kappa shape index (κ2) is 3.94. The lowest BCUT2D eigenvalue weighted by Crippen LogP contribution is -1.68. The molecule has 1 nitrogen and oxygen atoms in total. The van der Waals surface area contributed by atoms with Crippen LogP contribution in [0, 0.1) is 0 Å². The van der Waals surface area contributed by atoms with Crippen molar-refractivity contribution in [2.75, 3.05) is 0 Å². The minimum absolute atomic E-state index is 0.720. The standard InChI is InChI=1S/C10H9NS2/c12-7-10-11-6-9(13-10)8-4-2-1-3-5-8/h1-6,12H,7H2. The van der Waals surface area contributed by atoms with Gasteiger partial charge in [0, 0.05) is 11.9 Å². The van der Waals surface area contributed by atoms with E-state index in [9.17, 15) is 0 Å². The quantitative estimate of drug-likeness (QED) is 0.746. The highest BCUT2D eigenvalue weighted by molar-refractivity contribution is 7.79. The van der Waals surface area contributed by atoms with Gasteiger partial charge < -0.3 is 0 Å². The van der Waals surface area contributed by atoms with Gasteiger partial charge in [-0.05, 0) is 5.56 Å². The van der Waals surface area contributed by atoms with E-state index >= 15 is 0 Å². The van der Waals surface area contributed by atoms with Crippen LogP contribution in [0.4, 0.5) is 0 Å². The Labute approximate surface area is 86.9 Å². The van der Waals surface area contributed by atoms with Crippen LogP contribution in [0.3, 0.4) is 0 Å². The molecule has 0 saturated heterocycles. The van der Waals surface area contributed by atoms with Crippen LogP contribution in [0.5, 0.6) is 0 Å². The van der Waals surface area contributed by atoms with Crippen LogP contribution in [0.15, 0.2) is 36.5 Å². The van der Waals surface area contributed by atoms with E-state index in [0.717, 1.165) is 10.8 Å².